The topological polar surface area (TPSA) is 74.6 Å². The Hall–Kier alpha value is -1.70. The van der Waals surface area contributed by atoms with Gasteiger partial charge in [0.2, 0.25) is 0 Å². The molecule has 0 aromatic heterocycles. The molecule has 6 heteroatoms. The average Bonchev–Trinajstić information content (AvgIpc) is 2.52. The van der Waals surface area contributed by atoms with Gasteiger partial charge in [0.25, 0.3) is 0 Å². The number of carboxylic acids is 2. The fraction of sp³-hybridized carbons (Fsp3) is 0.500. The summed E-state index contributed by atoms with van der Waals surface area (Å²) in [6, 6.07) is 3.30. The number of rotatable bonds is 3. The van der Waals surface area contributed by atoms with E-state index >= 15 is 0 Å². The SMILES string of the molecule is C#Cc1c(C(=O)O)cc(C23CC4CC(CC(C4)C2)C3)cc1C(=O)O.Cl.Cl. The monoisotopic (exact) mass is 396 g/mol. The van der Waals surface area contributed by atoms with Crippen molar-refractivity contribution in [3.8, 4) is 12.3 Å². The Morgan fingerprint density at radius 3 is 1.62 bits per heavy atom. The molecule has 4 bridgehead atoms. The van der Waals surface area contributed by atoms with Gasteiger partial charge in [-0.05, 0) is 79.4 Å². The minimum Gasteiger partial charge on any atom is -0.478 e. The van der Waals surface area contributed by atoms with Crippen molar-refractivity contribution in [2.75, 3.05) is 0 Å². The van der Waals surface area contributed by atoms with Crippen molar-refractivity contribution in [2.45, 2.75) is 43.9 Å². The third kappa shape index (κ3) is 3.08. The summed E-state index contributed by atoms with van der Waals surface area (Å²) in [4.78, 5) is 23.3. The van der Waals surface area contributed by atoms with E-state index < -0.39 is 11.9 Å². The van der Waals surface area contributed by atoms with E-state index in [4.69, 9.17) is 6.42 Å². The summed E-state index contributed by atoms with van der Waals surface area (Å²) in [5.74, 6) is 2.05. The first-order valence-corrected chi connectivity index (χ1v) is 8.53. The molecule has 0 atom stereocenters. The van der Waals surface area contributed by atoms with Crippen LogP contribution in [0.1, 0.15) is 70.4 Å². The molecule has 26 heavy (non-hydrogen) atoms. The predicted octanol–water partition coefficient (Wildman–Crippen LogP) is 4.38. The average molecular weight is 397 g/mol. The molecule has 2 N–H and O–H groups in total. The Labute approximate surface area is 165 Å². The first-order chi connectivity index (χ1) is 11.4. The number of aromatic carboxylic acids is 2. The Balaban J connectivity index is 0.00000121. The van der Waals surface area contributed by atoms with E-state index in [1.165, 1.54) is 19.3 Å². The predicted molar refractivity (Wildman–Crippen MR) is 103 cm³/mol. The van der Waals surface area contributed by atoms with Crippen LogP contribution in [0.5, 0.6) is 0 Å². The molecule has 4 fully saturated rings. The van der Waals surface area contributed by atoms with Gasteiger partial charge in [-0.15, -0.1) is 31.2 Å². The highest BCUT2D eigenvalue weighted by Crippen LogP contribution is 2.60. The van der Waals surface area contributed by atoms with E-state index in [9.17, 15) is 19.8 Å². The second-order valence-electron chi connectivity index (χ2n) is 7.90. The Morgan fingerprint density at radius 1 is 0.923 bits per heavy atom. The minimum atomic E-state index is -1.16. The first-order valence-electron chi connectivity index (χ1n) is 8.53. The van der Waals surface area contributed by atoms with Crippen LogP contribution in [0.25, 0.3) is 0 Å². The molecule has 1 aromatic rings. The smallest absolute Gasteiger partial charge is 0.336 e. The normalized spacial score (nSPS) is 30.7. The van der Waals surface area contributed by atoms with Gasteiger partial charge in [0, 0.05) is 0 Å². The minimum absolute atomic E-state index is 0. The lowest BCUT2D eigenvalue weighted by Gasteiger charge is -2.57. The van der Waals surface area contributed by atoms with Crippen molar-refractivity contribution in [1.82, 2.24) is 0 Å². The van der Waals surface area contributed by atoms with Crippen LogP contribution in [-0.4, -0.2) is 22.2 Å². The summed E-state index contributed by atoms with van der Waals surface area (Å²) in [5, 5.41) is 19.0. The zero-order valence-electron chi connectivity index (χ0n) is 14.2. The van der Waals surface area contributed by atoms with Crippen LogP contribution in [0.3, 0.4) is 0 Å². The van der Waals surface area contributed by atoms with E-state index in [0.29, 0.717) is 17.8 Å². The molecule has 4 saturated carbocycles. The maximum absolute atomic E-state index is 11.6. The molecule has 0 heterocycles. The van der Waals surface area contributed by atoms with Crippen LogP contribution in [0, 0.1) is 30.1 Å². The van der Waals surface area contributed by atoms with Gasteiger partial charge in [-0.1, -0.05) is 5.92 Å². The van der Waals surface area contributed by atoms with Gasteiger partial charge in [0.15, 0.2) is 0 Å². The molecule has 0 amide bonds. The van der Waals surface area contributed by atoms with Crippen LogP contribution in [0.2, 0.25) is 0 Å². The zero-order chi connectivity index (χ0) is 17.1. The lowest BCUT2D eigenvalue weighted by Crippen LogP contribution is -2.48. The number of benzene rings is 1. The highest BCUT2D eigenvalue weighted by Gasteiger charge is 2.51. The molecule has 0 radical (unpaired) electrons. The maximum Gasteiger partial charge on any atom is 0.336 e. The molecule has 140 valence electrons. The Kier molecular flexibility index (Phi) is 5.66. The van der Waals surface area contributed by atoms with E-state index in [1.54, 1.807) is 12.1 Å². The van der Waals surface area contributed by atoms with Crippen molar-refractivity contribution in [1.29, 1.82) is 0 Å². The summed E-state index contributed by atoms with van der Waals surface area (Å²) >= 11 is 0. The van der Waals surface area contributed by atoms with Crippen molar-refractivity contribution < 1.29 is 19.8 Å². The molecular weight excluding hydrogens is 375 g/mol. The van der Waals surface area contributed by atoms with E-state index in [2.05, 4.69) is 5.92 Å². The molecule has 0 spiro atoms. The molecular formula is C20H22Cl2O4. The lowest BCUT2D eigenvalue weighted by molar-refractivity contribution is -0.00524. The maximum atomic E-state index is 11.6. The quantitative estimate of drug-likeness (QED) is 0.743. The summed E-state index contributed by atoms with van der Waals surface area (Å²) in [7, 11) is 0. The summed E-state index contributed by atoms with van der Waals surface area (Å²) in [5.41, 5.74) is 0.682. The standard InChI is InChI=1S/C20H20O4.2ClH/c1-2-15-16(18(21)22)6-14(7-17(15)19(23)24)20-8-11-3-12(9-20)5-13(4-11)10-20;;/h1,6-7,11-13H,3-5,8-10H2,(H,21,22)(H,23,24);2*1H. The second-order valence-corrected chi connectivity index (χ2v) is 7.90. The van der Waals surface area contributed by atoms with Crippen LogP contribution in [-0.2, 0) is 5.41 Å². The van der Waals surface area contributed by atoms with Crippen LogP contribution in [0.15, 0.2) is 12.1 Å². The summed E-state index contributed by atoms with van der Waals surface area (Å²) < 4.78 is 0. The summed E-state index contributed by atoms with van der Waals surface area (Å²) in [6.45, 7) is 0. The van der Waals surface area contributed by atoms with Crippen molar-refractivity contribution in [2.24, 2.45) is 17.8 Å². The third-order valence-corrected chi connectivity index (χ3v) is 6.39. The lowest BCUT2D eigenvalue weighted by atomic mass is 9.48. The molecule has 1 aromatic carbocycles. The second kappa shape index (κ2) is 7.13. The number of terminal acetylenes is 1. The molecule has 4 aliphatic carbocycles. The fourth-order valence-electron chi connectivity index (χ4n) is 5.91. The van der Waals surface area contributed by atoms with Gasteiger partial charge in [-0.3, -0.25) is 0 Å². The van der Waals surface area contributed by atoms with E-state index in [-0.39, 0.29) is 46.9 Å². The van der Waals surface area contributed by atoms with Gasteiger partial charge in [0.1, 0.15) is 0 Å². The highest BCUT2D eigenvalue weighted by molar-refractivity contribution is 5.99. The van der Waals surface area contributed by atoms with Gasteiger partial charge in [0.05, 0.1) is 16.7 Å². The Morgan fingerprint density at radius 2 is 1.31 bits per heavy atom. The number of carbonyl (C=O) groups is 2. The molecule has 0 aliphatic heterocycles. The molecule has 0 unspecified atom stereocenters. The molecule has 0 saturated heterocycles. The van der Waals surface area contributed by atoms with Crippen molar-refractivity contribution in [3.63, 3.8) is 0 Å². The van der Waals surface area contributed by atoms with Crippen LogP contribution < -0.4 is 0 Å². The van der Waals surface area contributed by atoms with E-state index in [1.807, 2.05) is 0 Å². The fourth-order valence-corrected chi connectivity index (χ4v) is 5.91. The molecule has 4 nitrogen and oxygen atoms in total. The number of hydrogen-bond donors (Lipinski definition) is 2. The zero-order valence-corrected chi connectivity index (χ0v) is 15.9. The molecule has 5 rings (SSSR count). The molecule has 4 aliphatic rings. The van der Waals surface area contributed by atoms with Crippen LogP contribution >= 0.6 is 24.8 Å². The third-order valence-electron chi connectivity index (χ3n) is 6.39. The summed E-state index contributed by atoms with van der Waals surface area (Å²) in [6.07, 6.45) is 12.4. The van der Waals surface area contributed by atoms with E-state index in [0.717, 1.165) is 24.8 Å². The van der Waals surface area contributed by atoms with Gasteiger partial charge >= 0.3 is 11.9 Å². The first kappa shape index (κ1) is 20.6. The highest BCUT2D eigenvalue weighted by atomic mass is 35.5. The Bertz CT molecular complexity index is 723. The van der Waals surface area contributed by atoms with Crippen LogP contribution in [0.4, 0.5) is 0 Å². The largest absolute Gasteiger partial charge is 0.478 e. The number of halogens is 2. The van der Waals surface area contributed by atoms with Gasteiger partial charge in [-0.25, -0.2) is 9.59 Å². The van der Waals surface area contributed by atoms with Crippen molar-refractivity contribution in [3.05, 3.63) is 34.4 Å². The van der Waals surface area contributed by atoms with Crippen molar-refractivity contribution >= 4 is 36.8 Å². The number of carboxylic acid groups (broad SMARTS) is 2. The van der Waals surface area contributed by atoms with Gasteiger partial charge in [-0.2, -0.15) is 0 Å². The number of hydrogen-bond acceptors (Lipinski definition) is 2. The van der Waals surface area contributed by atoms with Gasteiger partial charge < -0.3 is 10.2 Å².